The minimum atomic E-state index is -4.71. The number of esters is 1. The van der Waals surface area contributed by atoms with E-state index in [1.165, 1.54) is 270 Å². The van der Waals surface area contributed by atoms with Crippen LogP contribution in [0.1, 0.15) is 374 Å². The second-order valence-electron chi connectivity index (χ2n) is 27.1. The van der Waals surface area contributed by atoms with E-state index in [2.05, 4.69) is 74.7 Å². The van der Waals surface area contributed by atoms with Crippen LogP contribution in [0.4, 0.5) is 0 Å². The molecule has 9 nitrogen and oxygen atoms in total. The van der Waals surface area contributed by atoms with Crippen LogP contribution in [0.15, 0.2) is 60.8 Å². The van der Waals surface area contributed by atoms with Crippen molar-refractivity contribution in [2.45, 2.75) is 386 Å². The number of carbonyl (C=O) groups is 2. The molecule has 0 aliphatic heterocycles. The first-order valence-electron chi connectivity index (χ1n) is 38.1. The molecule has 0 aromatic rings. The van der Waals surface area contributed by atoms with Crippen molar-refractivity contribution < 1.29 is 37.3 Å². The Morgan fingerprint density at radius 3 is 1.07 bits per heavy atom. The lowest BCUT2D eigenvalue weighted by molar-refractivity contribution is -0.870. The van der Waals surface area contributed by atoms with Gasteiger partial charge in [0.15, 0.2) is 0 Å². The number of amides is 1. The predicted molar refractivity (Wildman–Crippen MR) is 381 cm³/mol. The Bertz CT molecular complexity index is 1690. The van der Waals surface area contributed by atoms with Crippen LogP contribution in [0.25, 0.3) is 0 Å². The Hall–Kier alpha value is -2.29. The third kappa shape index (κ3) is 68.1. The number of hydrogen-bond acceptors (Lipinski definition) is 7. The number of nitrogens with zero attached hydrogens (tertiary/aromatic N) is 1. The third-order valence-corrected chi connectivity index (χ3v) is 18.1. The normalized spacial score (nSPS) is 13.8. The molecule has 0 aliphatic carbocycles. The summed E-state index contributed by atoms with van der Waals surface area (Å²) in [6, 6.07) is -0.890. The number of carbonyl (C=O) groups excluding carboxylic acids is 2. The Kier molecular flexibility index (Phi) is 65.8. The minimum Gasteiger partial charge on any atom is -0.756 e. The molecule has 10 heteroatoms. The number of unbranched alkanes of at least 4 members (excludes halogenated alkanes) is 46. The number of phosphoric ester groups is 1. The molecular weight excluding hydrogens is 1110 g/mol. The first-order chi connectivity index (χ1) is 42.9. The summed E-state index contributed by atoms with van der Waals surface area (Å²) >= 11 is 0. The second kappa shape index (κ2) is 67.6. The first kappa shape index (κ1) is 85.7. The largest absolute Gasteiger partial charge is 0.756 e. The van der Waals surface area contributed by atoms with E-state index in [1.54, 1.807) is 0 Å². The monoisotopic (exact) mass is 1260 g/mol. The molecule has 0 aliphatic rings. The lowest BCUT2D eigenvalue weighted by Gasteiger charge is -2.30. The summed E-state index contributed by atoms with van der Waals surface area (Å²) < 4.78 is 30.5. The zero-order chi connectivity index (χ0) is 64.2. The molecule has 1 N–H and O–H groups in total. The number of allylic oxidation sites excluding steroid dienone is 9. The Morgan fingerprint density at radius 2 is 0.693 bits per heavy atom. The Labute approximate surface area is 547 Å². The van der Waals surface area contributed by atoms with Crippen LogP contribution in [-0.2, 0) is 27.9 Å². The van der Waals surface area contributed by atoms with Gasteiger partial charge in [-0.3, -0.25) is 14.2 Å². The maximum absolute atomic E-state index is 13.6. The van der Waals surface area contributed by atoms with Crippen molar-refractivity contribution in [3.05, 3.63) is 60.8 Å². The molecule has 0 saturated heterocycles. The average Bonchev–Trinajstić information content (AvgIpc) is 3.71. The molecule has 0 spiro atoms. The summed E-state index contributed by atoms with van der Waals surface area (Å²) in [6.45, 7) is 6.86. The number of quaternary nitrogens is 1. The number of phosphoric acid groups is 1. The summed E-state index contributed by atoms with van der Waals surface area (Å²) in [5.41, 5.74) is 0. The van der Waals surface area contributed by atoms with Crippen LogP contribution >= 0.6 is 7.82 Å². The number of rotatable bonds is 70. The van der Waals surface area contributed by atoms with Gasteiger partial charge in [0, 0.05) is 12.8 Å². The van der Waals surface area contributed by atoms with Gasteiger partial charge in [0.1, 0.15) is 19.3 Å². The van der Waals surface area contributed by atoms with E-state index in [9.17, 15) is 19.0 Å². The standard InChI is InChI=1S/C78H147N2O7P/c1-7-10-13-16-19-22-25-28-30-32-34-36-38-40-42-44-46-48-50-52-55-58-61-64-67-70-77(81)79-75(74-86-88(83,84)85-73-72-80(4,5)6)76(69-66-63-60-57-54-27-24-21-18-15-12-9-3)87-78(82)71-68-65-62-59-56-53-51-49-47-45-43-41-39-37-35-33-31-29-26-23-20-17-14-11-8-2/h19,22,28-31,34,36,66,69,75-76H,7-18,20-21,23-27,32-33,35,37-65,67-68,70-74H2,1-6H3,(H-,79,81,83,84)/b22-19-,30-28-,31-29+,36-34-,69-66+. The van der Waals surface area contributed by atoms with Gasteiger partial charge in [-0.15, -0.1) is 0 Å². The highest BCUT2D eigenvalue weighted by molar-refractivity contribution is 7.45. The van der Waals surface area contributed by atoms with Crippen molar-refractivity contribution in [2.75, 3.05) is 40.9 Å². The highest BCUT2D eigenvalue weighted by Crippen LogP contribution is 2.38. The molecule has 3 unspecified atom stereocenters. The highest BCUT2D eigenvalue weighted by atomic mass is 31.2. The maximum Gasteiger partial charge on any atom is 0.306 e. The molecule has 516 valence electrons. The van der Waals surface area contributed by atoms with Crippen LogP contribution in [0.2, 0.25) is 0 Å². The van der Waals surface area contributed by atoms with Crippen LogP contribution in [0, 0.1) is 0 Å². The minimum absolute atomic E-state index is 0.0219. The zero-order valence-corrected chi connectivity index (χ0v) is 60.1. The van der Waals surface area contributed by atoms with E-state index in [0.29, 0.717) is 17.4 Å². The van der Waals surface area contributed by atoms with Crippen molar-refractivity contribution in [1.29, 1.82) is 0 Å². The van der Waals surface area contributed by atoms with E-state index in [0.717, 1.165) is 70.6 Å². The highest BCUT2D eigenvalue weighted by Gasteiger charge is 2.27. The van der Waals surface area contributed by atoms with Crippen LogP contribution in [0.5, 0.6) is 0 Å². The molecule has 3 atom stereocenters. The van der Waals surface area contributed by atoms with E-state index in [1.807, 2.05) is 33.3 Å². The SMILES string of the molecule is CCCCC/C=C\C/C=C\C/C=C\CCCCCCCCCCCCCCC(=O)NC(COP(=O)([O-])OCC[N+](C)(C)C)C(/C=C/CCCCCCCCCCCC)OC(=O)CCCCCCCCCCCCCCCCC/C=C/CCCCCCCC. The molecule has 0 aromatic heterocycles. The van der Waals surface area contributed by atoms with Crippen LogP contribution in [0.3, 0.4) is 0 Å². The summed E-state index contributed by atoms with van der Waals surface area (Å²) in [4.78, 5) is 40.3. The molecule has 0 bridgehead atoms. The lowest BCUT2D eigenvalue weighted by atomic mass is 10.0. The molecule has 1 amide bonds. The summed E-state index contributed by atoms with van der Waals surface area (Å²) in [7, 11) is 1.20. The average molecular weight is 1260 g/mol. The zero-order valence-electron chi connectivity index (χ0n) is 59.2. The molecule has 0 radical (unpaired) electrons. The van der Waals surface area contributed by atoms with Gasteiger partial charge in [0.25, 0.3) is 7.82 Å². The smallest absolute Gasteiger partial charge is 0.306 e. The van der Waals surface area contributed by atoms with E-state index in [4.69, 9.17) is 13.8 Å². The van der Waals surface area contributed by atoms with Gasteiger partial charge < -0.3 is 28.5 Å². The fourth-order valence-electron chi connectivity index (χ4n) is 11.3. The van der Waals surface area contributed by atoms with Gasteiger partial charge in [0.05, 0.1) is 33.8 Å². The fourth-order valence-corrected chi connectivity index (χ4v) is 12.0. The van der Waals surface area contributed by atoms with E-state index >= 15 is 0 Å². The Morgan fingerprint density at radius 1 is 0.398 bits per heavy atom. The van der Waals surface area contributed by atoms with Crippen molar-refractivity contribution in [1.82, 2.24) is 5.32 Å². The predicted octanol–water partition coefficient (Wildman–Crippen LogP) is 23.9. The van der Waals surface area contributed by atoms with Gasteiger partial charge in [-0.05, 0) is 96.0 Å². The quantitative estimate of drug-likeness (QED) is 0.0212. The number of hydrogen-bond donors (Lipinski definition) is 1. The number of nitrogens with one attached hydrogen (secondary N) is 1. The van der Waals surface area contributed by atoms with Crippen LogP contribution < -0.4 is 10.2 Å². The molecule has 88 heavy (non-hydrogen) atoms. The van der Waals surface area contributed by atoms with Crippen molar-refractivity contribution in [2.24, 2.45) is 0 Å². The van der Waals surface area contributed by atoms with E-state index < -0.39 is 20.0 Å². The maximum atomic E-state index is 13.6. The summed E-state index contributed by atoms with van der Waals surface area (Å²) in [6.07, 6.45) is 87.8. The number of ether oxygens (including phenoxy) is 1. The van der Waals surface area contributed by atoms with Crippen molar-refractivity contribution in [3.8, 4) is 0 Å². The molecule has 0 rings (SSSR count). The first-order valence-corrected chi connectivity index (χ1v) is 39.6. The second-order valence-corrected chi connectivity index (χ2v) is 28.6. The topological polar surface area (TPSA) is 114 Å². The summed E-state index contributed by atoms with van der Waals surface area (Å²) in [5.74, 6) is -0.527. The molecule has 0 fully saturated rings. The number of likely N-dealkylation sites (N-methyl/N-ethyl adjacent to an activating group) is 1. The summed E-state index contributed by atoms with van der Waals surface area (Å²) in [5, 5.41) is 3.05. The van der Waals surface area contributed by atoms with Gasteiger partial charge in [-0.1, -0.05) is 326 Å². The van der Waals surface area contributed by atoms with Gasteiger partial charge in [0.2, 0.25) is 5.91 Å². The Balaban J connectivity index is 4.97. The van der Waals surface area contributed by atoms with E-state index in [-0.39, 0.29) is 31.5 Å². The van der Waals surface area contributed by atoms with Gasteiger partial charge >= 0.3 is 5.97 Å². The van der Waals surface area contributed by atoms with Crippen molar-refractivity contribution >= 4 is 19.7 Å². The molecule has 0 aromatic carbocycles. The third-order valence-electron chi connectivity index (χ3n) is 17.2. The molecule has 0 heterocycles. The van der Waals surface area contributed by atoms with Crippen LogP contribution in [-0.4, -0.2) is 69.4 Å². The van der Waals surface area contributed by atoms with Crippen molar-refractivity contribution in [3.63, 3.8) is 0 Å². The van der Waals surface area contributed by atoms with Gasteiger partial charge in [-0.2, -0.15) is 0 Å². The van der Waals surface area contributed by atoms with Gasteiger partial charge in [-0.25, -0.2) is 0 Å². The fraction of sp³-hybridized carbons (Fsp3) is 0.846. The lowest BCUT2D eigenvalue weighted by Crippen LogP contribution is -2.47. The molecular formula is C78H147N2O7P. The molecule has 0 saturated carbocycles.